The number of ether oxygens (including phenoxy) is 1. The van der Waals surface area contributed by atoms with Crippen LogP contribution in [-0.2, 0) is 16.6 Å². The molecule has 5 aliphatic rings. The number of benzene rings is 2. The van der Waals surface area contributed by atoms with Gasteiger partial charge in [0.05, 0.1) is 40.6 Å². The van der Waals surface area contributed by atoms with Crippen LogP contribution in [0, 0.1) is 11.8 Å². The molecule has 3 aromatic heterocycles. The third-order valence-electron chi connectivity index (χ3n) is 13.9. The van der Waals surface area contributed by atoms with Crippen molar-refractivity contribution in [3.05, 3.63) is 69.2 Å². The molecule has 2 amide bonds. The van der Waals surface area contributed by atoms with Crippen LogP contribution in [0.1, 0.15) is 94.3 Å². The number of rotatable bonds is 9. The van der Waals surface area contributed by atoms with Crippen molar-refractivity contribution in [2.45, 2.75) is 95.1 Å². The number of aromatic nitrogens is 5. The summed E-state index contributed by atoms with van der Waals surface area (Å²) in [5, 5.41) is 15.7. The molecule has 0 spiro atoms. The highest BCUT2D eigenvalue weighted by atomic mass is 35.5. The van der Waals surface area contributed by atoms with Crippen molar-refractivity contribution in [2.24, 2.45) is 18.9 Å². The Hall–Kier alpha value is -5.35. The topological polar surface area (TPSA) is 152 Å². The maximum Gasteiger partial charge on any atom is 0.301 e. The van der Waals surface area contributed by atoms with Crippen LogP contribution in [0.3, 0.4) is 0 Å². The highest BCUT2D eigenvalue weighted by Crippen LogP contribution is 2.46. The standard InChI is InChI=1S/C46H53ClF2N10O4/c1-25(2)59-36-20-29(6-8-31(36)38(55-59)32-9-11-37(60)52-43(32)61)27-14-16-57(17-15-27)23-26-12-18-58(19-13-26)45-50-22-34(47)42(54-45)51-30-7-10-35-33(21-30)39-40(44(62)56(35)3)63-24-46(48,49)41(53-39)28-4-5-28/h6-8,10,20-22,25-28,32,41,53H,4-5,9,11-19,23-24H2,1-3H3,(H,50,51,54)(H,52,60,61). The zero-order valence-corrected chi connectivity index (χ0v) is 36.6. The van der Waals surface area contributed by atoms with E-state index in [1.54, 1.807) is 19.3 Å². The molecule has 332 valence electrons. The molecule has 2 aromatic carbocycles. The van der Waals surface area contributed by atoms with Crippen LogP contribution < -0.4 is 31.1 Å². The number of nitrogens with one attached hydrogen (secondary N) is 3. The zero-order chi connectivity index (χ0) is 43.7. The molecule has 17 heteroatoms. The van der Waals surface area contributed by atoms with E-state index in [-0.39, 0.29) is 35.2 Å². The summed E-state index contributed by atoms with van der Waals surface area (Å²) in [4.78, 5) is 52.1. The molecule has 2 atom stereocenters. The molecule has 5 aromatic rings. The van der Waals surface area contributed by atoms with E-state index in [0.29, 0.717) is 70.9 Å². The number of halogens is 3. The molecule has 10 rings (SSSR count). The van der Waals surface area contributed by atoms with Crippen LogP contribution >= 0.6 is 11.6 Å². The molecule has 63 heavy (non-hydrogen) atoms. The Labute approximate surface area is 368 Å². The summed E-state index contributed by atoms with van der Waals surface area (Å²) in [6.45, 7) is 8.12. The summed E-state index contributed by atoms with van der Waals surface area (Å²) >= 11 is 6.64. The number of amides is 2. The Kier molecular flexibility index (Phi) is 10.8. The summed E-state index contributed by atoms with van der Waals surface area (Å²) < 4.78 is 39.3. The number of alkyl halides is 2. The van der Waals surface area contributed by atoms with E-state index in [1.165, 1.54) is 10.1 Å². The van der Waals surface area contributed by atoms with Gasteiger partial charge in [-0.15, -0.1) is 0 Å². The lowest BCUT2D eigenvalue weighted by atomic mass is 9.87. The lowest BCUT2D eigenvalue weighted by Gasteiger charge is -2.38. The summed E-state index contributed by atoms with van der Waals surface area (Å²) in [7, 11) is 1.61. The van der Waals surface area contributed by atoms with Crippen molar-refractivity contribution < 1.29 is 23.1 Å². The van der Waals surface area contributed by atoms with Crippen molar-refractivity contribution in [1.82, 2.24) is 34.5 Å². The van der Waals surface area contributed by atoms with Crippen molar-refractivity contribution in [2.75, 3.05) is 54.9 Å². The van der Waals surface area contributed by atoms with Gasteiger partial charge < -0.3 is 29.7 Å². The van der Waals surface area contributed by atoms with Crippen LogP contribution in [0.4, 0.5) is 31.9 Å². The molecule has 4 fully saturated rings. The number of hydrogen-bond acceptors (Lipinski definition) is 11. The molecular weight excluding hydrogens is 830 g/mol. The second kappa shape index (κ2) is 16.3. The summed E-state index contributed by atoms with van der Waals surface area (Å²) in [5.41, 5.74) is 4.14. The Morgan fingerprint density at radius 3 is 2.46 bits per heavy atom. The molecule has 1 saturated carbocycles. The second-order valence-corrected chi connectivity index (χ2v) is 18.9. The molecule has 0 bridgehead atoms. The van der Waals surface area contributed by atoms with Gasteiger partial charge in [0.1, 0.15) is 5.02 Å². The first kappa shape index (κ1) is 41.6. The molecule has 7 heterocycles. The van der Waals surface area contributed by atoms with Gasteiger partial charge in [0.15, 0.2) is 12.4 Å². The van der Waals surface area contributed by atoms with Crippen LogP contribution in [-0.4, -0.2) is 92.3 Å². The first-order valence-corrected chi connectivity index (χ1v) is 22.8. The second-order valence-electron chi connectivity index (χ2n) is 18.5. The highest BCUT2D eigenvalue weighted by molar-refractivity contribution is 6.33. The number of nitrogens with zero attached hydrogens (tertiary/aromatic N) is 7. The Balaban J connectivity index is 0.769. The fourth-order valence-electron chi connectivity index (χ4n) is 10.2. The van der Waals surface area contributed by atoms with Crippen molar-refractivity contribution in [3.8, 4) is 5.75 Å². The van der Waals surface area contributed by atoms with Crippen LogP contribution in [0.15, 0.2) is 47.4 Å². The van der Waals surface area contributed by atoms with E-state index in [1.807, 2.05) is 16.8 Å². The van der Waals surface area contributed by atoms with E-state index >= 15 is 8.78 Å². The monoisotopic (exact) mass is 882 g/mol. The fraction of sp³-hybridized carbons (Fsp3) is 0.522. The van der Waals surface area contributed by atoms with Gasteiger partial charge in [-0.2, -0.15) is 10.1 Å². The van der Waals surface area contributed by atoms with Crippen LogP contribution in [0.25, 0.3) is 21.8 Å². The summed E-state index contributed by atoms with van der Waals surface area (Å²) in [5.74, 6) is -2.29. The smallest absolute Gasteiger partial charge is 0.301 e. The van der Waals surface area contributed by atoms with Gasteiger partial charge in [-0.3, -0.25) is 24.4 Å². The molecule has 1 aliphatic carbocycles. The normalized spacial score (nSPS) is 22.5. The van der Waals surface area contributed by atoms with Crippen LogP contribution in [0.2, 0.25) is 5.02 Å². The van der Waals surface area contributed by atoms with Gasteiger partial charge in [-0.25, -0.2) is 13.8 Å². The van der Waals surface area contributed by atoms with Gasteiger partial charge in [0.2, 0.25) is 23.5 Å². The number of carbonyl (C=O) groups is 2. The Morgan fingerprint density at radius 2 is 1.73 bits per heavy atom. The largest absolute Gasteiger partial charge is 0.480 e. The van der Waals surface area contributed by atoms with E-state index in [2.05, 4.69) is 62.8 Å². The number of fused-ring (bicyclic) bond motifs is 4. The maximum absolute atomic E-state index is 15.2. The molecule has 4 aliphatic heterocycles. The predicted octanol–water partition coefficient (Wildman–Crippen LogP) is 7.49. The molecule has 14 nitrogen and oxygen atoms in total. The van der Waals surface area contributed by atoms with Gasteiger partial charge in [0, 0.05) is 55.6 Å². The number of likely N-dealkylation sites (tertiary alicyclic amines) is 1. The average Bonchev–Trinajstić information content (AvgIpc) is 4.06. The lowest BCUT2D eigenvalue weighted by molar-refractivity contribution is -0.134. The van der Waals surface area contributed by atoms with Gasteiger partial charge in [-0.05, 0) is 119 Å². The number of aryl methyl sites for hydroxylation is 1. The average molecular weight is 883 g/mol. The van der Waals surface area contributed by atoms with Crippen molar-refractivity contribution in [3.63, 3.8) is 0 Å². The number of anilines is 4. The SMILES string of the molecule is CC(C)n1nc(C2CCC(=O)NC2=O)c2ccc(C3CCN(CC4CCN(c5ncc(Cl)c(Nc6ccc7c(c6)c6c(c(=O)n7C)OCC(F)(F)C(C7CC7)N6)n5)CC4)CC3)cc21. The van der Waals surface area contributed by atoms with E-state index in [9.17, 15) is 14.4 Å². The molecule has 2 unspecified atom stereocenters. The first-order valence-electron chi connectivity index (χ1n) is 22.4. The first-order chi connectivity index (χ1) is 30.3. The zero-order valence-electron chi connectivity index (χ0n) is 35.8. The molecular formula is C46H53ClF2N10O4. The van der Waals surface area contributed by atoms with Crippen molar-refractivity contribution >= 4 is 68.4 Å². The van der Waals surface area contributed by atoms with Gasteiger partial charge >= 0.3 is 5.92 Å². The number of pyridine rings is 1. The number of piperidine rings is 3. The Morgan fingerprint density at radius 1 is 0.952 bits per heavy atom. The van der Waals surface area contributed by atoms with Gasteiger partial charge in [0.25, 0.3) is 5.56 Å². The number of imide groups is 1. The number of hydrogen-bond donors (Lipinski definition) is 3. The summed E-state index contributed by atoms with van der Waals surface area (Å²) in [6.07, 6.45) is 8.01. The highest BCUT2D eigenvalue weighted by Gasteiger charge is 2.51. The number of carbonyl (C=O) groups excluding carboxylic acids is 2. The quantitative estimate of drug-likeness (QED) is 0.126. The van der Waals surface area contributed by atoms with Crippen molar-refractivity contribution in [1.29, 1.82) is 0 Å². The minimum atomic E-state index is -3.13. The fourth-order valence-corrected chi connectivity index (χ4v) is 10.3. The van der Waals surface area contributed by atoms with Crippen LogP contribution in [0.5, 0.6) is 5.75 Å². The molecule has 3 N–H and O–H groups in total. The minimum absolute atomic E-state index is 0.103. The van der Waals surface area contributed by atoms with E-state index < -0.39 is 30.0 Å². The summed E-state index contributed by atoms with van der Waals surface area (Å²) in [6, 6.07) is 11.0. The van der Waals surface area contributed by atoms with Gasteiger partial charge in [-0.1, -0.05) is 23.7 Å². The maximum atomic E-state index is 15.2. The molecule has 0 radical (unpaired) electrons. The minimum Gasteiger partial charge on any atom is -0.480 e. The molecule has 3 saturated heterocycles. The lowest BCUT2D eigenvalue weighted by Crippen LogP contribution is -2.44. The van der Waals surface area contributed by atoms with E-state index in [0.717, 1.165) is 75.0 Å². The van der Waals surface area contributed by atoms with E-state index in [4.69, 9.17) is 26.4 Å². The third kappa shape index (κ3) is 7.98. The predicted molar refractivity (Wildman–Crippen MR) is 239 cm³/mol. The Bertz CT molecular complexity index is 2670. The third-order valence-corrected chi connectivity index (χ3v) is 14.2.